The molecule has 0 saturated heterocycles. The minimum atomic E-state index is -0.273. The van der Waals surface area contributed by atoms with E-state index in [2.05, 4.69) is 10.2 Å². The number of carbonyl (C=O) groups is 1. The number of nitrogens with one attached hydrogen (secondary N) is 1. The summed E-state index contributed by atoms with van der Waals surface area (Å²) in [5, 5.41) is 3.06. The zero-order chi connectivity index (χ0) is 16.8. The molecule has 1 atom stereocenters. The van der Waals surface area contributed by atoms with Crippen molar-refractivity contribution in [2.45, 2.75) is 19.4 Å². The number of hydrogen-bond donors (Lipinski definition) is 1. The number of carbonyl (C=O) groups excluding carboxylic acids is 1. The minimum Gasteiger partial charge on any atom is -0.345 e. The molecule has 1 N–H and O–H groups in total. The van der Waals surface area contributed by atoms with Crippen molar-refractivity contribution >= 4 is 5.91 Å². The predicted molar refractivity (Wildman–Crippen MR) is 91.0 cm³/mol. The summed E-state index contributed by atoms with van der Waals surface area (Å²) in [7, 11) is 3.98. The summed E-state index contributed by atoms with van der Waals surface area (Å²) in [5.41, 5.74) is 2.66. The van der Waals surface area contributed by atoms with Gasteiger partial charge in [-0.15, -0.1) is 0 Å². The number of nitrogens with zero attached hydrogens (tertiary/aromatic N) is 1. The third kappa shape index (κ3) is 5.18. The van der Waals surface area contributed by atoms with Crippen LogP contribution in [0.5, 0.6) is 0 Å². The molecular formula is C19H23FN2O. The largest absolute Gasteiger partial charge is 0.345 e. The highest BCUT2D eigenvalue weighted by molar-refractivity contribution is 5.94. The lowest BCUT2D eigenvalue weighted by Gasteiger charge is -2.21. The fourth-order valence-corrected chi connectivity index (χ4v) is 2.35. The molecule has 2 aromatic carbocycles. The van der Waals surface area contributed by atoms with Gasteiger partial charge in [0.15, 0.2) is 0 Å². The van der Waals surface area contributed by atoms with Gasteiger partial charge in [-0.1, -0.05) is 29.8 Å². The van der Waals surface area contributed by atoms with Gasteiger partial charge in [-0.25, -0.2) is 4.39 Å². The van der Waals surface area contributed by atoms with Crippen LogP contribution in [0.4, 0.5) is 4.39 Å². The van der Waals surface area contributed by atoms with Gasteiger partial charge in [0.05, 0.1) is 6.04 Å². The van der Waals surface area contributed by atoms with Gasteiger partial charge in [0.25, 0.3) is 5.91 Å². The summed E-state index contributed by atoms with van der Waals surface area (Å²) >= 11 is 0. The first-order chi connectivity index (χ1) is 11.0. The number of benzene rings is 2. The summed E-state index contributed by atoms with van der Waals surface area (Å²) in [6, 6.07) is 13.6. The molecule has 0 aromatic heterocycles. The van der Waals surface area contributed by atoms with Crippen LogP contribution in [0, 0.1) is 12.7 Å². The molecule has 0 fully saturated rings. The fraction of sp³-hybridized carbons (Fsp3) is 0.316. The van der Waals surface area contributed by atoms with Gasteiger partial charge < -0.3 is 10.2 Å². The molecule has 0 heterocycles. The van der Waals surface area contributed by atoms with Crippen molar-refractivity contribution in [2.24, 2.45) is 0 Å². The standard InChI is InChI=1S/C19H23FN2O/c1-14-4-6-16(7-5-14)19(23)21-18(12-13-22(2)3)15-8-10-17(20)11-9-15/h4-11,18H,12-13H2,1-3H3,(H,21,23). The maximum atomic E-state index is 13.1. The van der Waals surface area contributed by atoms with Gasteiger partial charge in [0.2, 0.25) is 0 Å². The molecule has 0 aliphatic heterocycles. The minimum absolute atomic E-state index is 0.113. The molecule has 0 radical (unpaired) electrons. The van der Waals surface area contributed by atoms with Crippen LogP contribution in [-0.2, 0) is 0 Å². The molecular weight excluding hydrogens is 291 g/mol. The summed E-state index contributed by atoms with van der Waals surface area (Å²) in [4.78, 5) is 14.5. The number of hydrogen-bond acceptors (Lipinski definition) is 2. The molecule has 1 unspecified atom stereocenters. The van der Waals surface area contributed by atoms with Crippen molar-refractivity contribution in [3.8, 4) is 0 Å². The van der Waals surface area contributed by atoms with E-state index in [-0.39, 0.29) is 17.8 Å². The van der Waals surface area contributed by atoms with Crippen molar-refractivity contribution in [2.75, 3.05) is 20.6 Å². The van der Waals surface area contributed by atoms with Gasteiger partial charge in [0.1, 0.15) is 5.82 Å². The second kappa shape index (κ2) is 7.88. The van der Waals surface area contributed by atoms with Crippen LogP contribution in [0.3, 0.4) is 0 Å². The van der Waals surface area contributed by atoms with E-state index in [1.807, 2.05) is 45.3 Å². The van der Waals surface area contributed by atoms with Crippen LogP contribution in [0.15, 0.2) is 48.5 Å². The molecule has 1 amide bonds. The smallest absolute Gasteiger partial charge is 0.251 e. The Balaban J connectivity index is 2.14. The van der Waals surface area contributed by atoms with Crippen molar-refractivity contribution in [1.29, 1.82) is 0 Å². The van der Waals surface area contributed by atoms with E-state index in [0.29, 0.717) is 5.56 Å². The Kier molecular flexibility index (Phi) is 5.88. The third-order valence-electron chi connectivity index (χ3n) is 3.76. The Labute approximate surface area is 137 Å². The second-order valence-corrected chi connectivity index (χ2v) is 6.04. The Hall–Kier alpha value is -2.20. The van der Waals surface area contributed by atoms with Crippen LogP contribution in [0.1, 0.15) is 33.9 Å². The topological polar surface area (TPSA) is 32.3 Å². The lowest BCUT2D eigenvalue weighted by molar-refractivity contribution is 0.0932. The van der Waals surface area contributed by atoms with E-state index in [0.717, 1.165) is 24.1 Å². The molecule has 0 aliphatic rings. The van der Waals surface area contributed by atoms with Gasteiger partial charge in [-0.05, 0) is 63.8 Å². The Morgan fingerprint density at radius 2 is 1.70 bits per heavy atom. The summed E-state index contributed by atoms with van der Waals surface area (Å²) < 4.78 is 13.1. The van der Waals surface area contributed by atoms with E-state index in [9.17, 15) is 9.18 Å². The SMILES string of the molecule is Cc1ccc(C(=O)NC(CCN(C)C)c2ccc(F)cc2)cc1. The zero-order valence-corrected chi connectivity index (χ0v) is 13.8. The summed E-state index contributed by atoms with van der Waals surface area (Å²) in [6.07, 6.45) is 0.760. The molecule has 23 heavy (non-hydrogen) atoms. The average Bonchev–Trinajstić information content (AvgIpc) is 2.52. The lowest BCUT2D eigenvalue weighted by atomic mass is 10.0. The number of aryl methyl sites for hydroxylation is 1. The van der Waals surface area contributed by atoms with Crippen molar-refractivity contribution in [1.82, 2.24) is 10.2 Å². The molecule has 122 valence electrons. The average molecular weight is 314 g/mol. The monoisotopic (exact) mass is 314 g/mol. The molecule has 2 aromatic rings. The summed E-state index contributed by atoms with van der Waals surface area (Å²) in [5.74, 6) is -0.386. The first kappa shape index (κ1) is 17.2. The first-order valence-corrected chi connectivity index (χ1v) is 7.73. The highest BCUT2D eigenvalue weighted by Gasteiger charge is 2.16. The van der Waals surface area contributed by atoms with Crippen LogP contribution < -0.4 is 5.32 Å². The van der Waals surface area contributed by atoms with E-state index in [1.54, 1.807) is 12.1 Å². The van der Waals surface area contributed by atoms with Crippen LogP contribution in [0.2, 0.25) is 0 Å². The number of rotatable bonds is 6. The first-order valence-electron chi connectivity index (χ1n) is 7.73. The molecule has 2 rings (SSSR count). The molecule has 3 nitrogen and oxygen atoms in total. The normalized spacial score (nSPS) is 12.2. The van der Waals surface area contributed by atoms with E-state index in [1.165, 1.54) is 12.1 Å². The highest BCUT2D eigenvalue weighted by Crippen LogP contribution is 2.18. The summed E-state index contributed by atoms with van der Waals surface area (Å²) in [6.45, 7) is 2.82. The van der Waals surface area contributed by atoms with Crippen molar-refractivity contribution in [3.63, 3.8) is 0 Å². The molecule has 0 aliphatic carbocycles. The van der Waals surface area contributed by atoms with E-state index in [4.69, 9.17) is 0 Å². The van der Waals surface area contributed by atoms with Gasteiger partial charge in [-0.2, -0.15) is 0 Å². The second-order valence-electron chi connectivity index (χ2n) is 6.04. The van der Waals surface area contributed by atoms with E-state index < -0.39 is 0 Å². The molecule has 4 heteroatoms. The van der Waals surface area contributed by atoms with Crippen molar-refractivity contribution < 1.29 is 9.18 Å². The zero-order valence-electron chi connectivity index (χ0n) is 13.8. The predicted octanol–water partition coefficient (Wildman–Crippen LogP) is 3.56. The van der Waals surface area contributed by atoms with Crippen LogP contribution in [-0.4, -0.2) is 31.4 Å². The highest BCUT2D eigenvalue weighted by atomic mass is 19.1. The fourth-order valence-electron chi connectivity index (χ4n) is 2.35. The quantitative estimate of drug-likeness (QED) is 0.884. The maximum Gasteiger partial charge on any atom is 0.251 e. The number of halogens is 1. The lowest BCUT2D eigenvalue weighted by Crippen LogP contribution is -2.31. The van der Waals surface area contributed by atoms with Gasteiger partial charge in [-0.3, -0.25) is 4.79 Å². The van der Waals surface area contributed by atoms with Gasteiger partial charge in [0, 0.05) is 5.56 Å². The molecule has 0 saturated carbocycles. The maximum absolute atomic E-state index is 13.1. The van der Waals surface area contributed by atoms with Crippen LogP contribution >= 0.6 is 0 Å². The Morgan fingerprint density at radius 3 is 2.26 bits per heavy atom. The Bertz CT molecular complexity index is 635. The number of amides is 1. The molecule has 0 bridgehead atoms. The molecule has 0 spiro atoms. The van der Waals surface area contributed by atoms with Crippen LogP contribution in [0.25, 0.3) is 0 Å². The van der Waals surface area contributed by atoms with E-state index >= 15 is 0 Å². The Morgan fingerprint density at radius 1 is 1.09 bits per heavy atom. The van der Waals surface area contributed by atoms with Crippen molar-refractivity contribution in [3.05, 3.63) is 71.0 Å². The third-order valence-corrected chi connectivity index (χ3v) is 3.76. The van der Waals surface area contributed by atoms with Gasteiger partial charge >= 0.3 is 0 Å².